The maximum absolute atomic E-state index is 14.0. The minimum atomic E-state index is -0.243. The van der Waals surface area contributed by atoms with Gasteiger partial charge in [0.1, 0.15) is 0 Å². The zero-order valence-corrected chi connectivity index (χ0v) is 12.1. The van der Waals surface area contributed by atoms with Crippen LogP contribution in [0.25, 0.3) is 0 Å². The lowest BCUT2D eigenvalue weighted by atomic mass is 9.75. The van der Waals surface area contributed by atoms with Crippen molar-refractivity contribution in [2.24, 2.45) is 5.41 Å². The molecule has 1 saturated carbocycles. The summed E-state index contributed by atoms with van der Waals surface area (Å²) in [7, 11) is 1.50. The van der Waals surface area contributed by atoms with Crippen molar-refractivity contribution in [2.75, 3.05) is 7.11 Å². The van der Waals surface area contributed by atoms with Gasteiger partial charge < -0.3 is 10.1 Å². The van der Waals surface area contributed by atoms with Gasteiger partial charge in [-0.05, 0) is 30.7 Å². The van der Waals surface area contributed by atoms with Crippen molar-refractivity contribution in [1.29, 1.82) is 0 Å². The van der Waals surface area contributed by atoms with Crippen molar-refractivity contribution < 1.29 is 9.13 Å². The number of halogens is 1. The van der Waals surface area contributed by atoms with Crippen LogP contribution in [0.4, 0.5) is 4.39 Å². The molecule has 1 aliphatic carbocycles. The van der Waals surface area contributed by atoms with Crippen molar-refractivity contribution >= 4 is 0 Å². The number of ether oxygens (including phenoxy) is 1. The van der Waals surface area contributed by atoms with Crippen molar-refractivity contribution in [3.63, 3.8) is 0 Å². The Bertz CT molecular complexity index is 431. The van der Waals surface area contributed by atoms with Crippen molar-refractivity contribution in [3.05, 3.63) is 29.6 Å². The monoisotopic (exact) mass is 265 g/mol. The van der Waals surface area contributed by atoms with Gasteiger partial charge in [-0.15, -0.1) is 0 Å². The smallest absolute Gasteiger partial charge is 0.169 e. The molecule has 1 aliphatic rings. The summed E-state index contributed by atoms with van der Waals surface area (Å²) in [5, 5.41) is 3.49. The highest BCUT2D eigenvalue weighted by atomic mass is 19.1. The third kappa shape index (κ3) is 3.69. The molecule has 1 fully saturated rings. The molecule has 0 aliphatic heterocycles. The van der Waals surface area contributed by atoms with E-state index in [1.165, 1.54) is 32.8 Å². The molecular formula is C16H24FNO. The SMILES string of the molecule is COc1cccc(CNC2CCCC(C)(C)C2)c1F. The van der Waals surface area contributed by atoms with Crippen LogP contribution >= 0.6 is 0 Å². The summed E-state index contributed by atoms with van der Waals surface area (Å²) in [6, 6.07) is 5.81. The Morgan fingerprint density at radius 3 is 2.89 bits per heavy atom. The lowest BCUT2D eigenvalue weighted by Gasteiger charge is -2.35. The molecule has 0 spiro atoms. The summed E-state index contributed by atoms with van der Waals surface area (Å²) >= 11 is 0. The molecule has 1 aromatic carbocycles. The maximum atomic E-state index is 14.0. The van der Waals surface area contributed by atoms with Crippen LogP contribution in [0.15, 0.2) is 18.2 Å². The first kappa shape index (κ1) is 14.3. The van der Waals surface area contributed by atoms with Crippen LogP contribution in [0.2, 0.25) is 0 Å². The molecule has 0 amide bonds. The summed E-state index contributed by atoms with van der Waals surface area (Å²) in [6.07, 6.45) is 4.90. The van der Waals surface area contributed by atoms with Gasteiger partial charge >= 0.3 is 0 Å². The molecule has 0 aromatic heterocycles. The van der Waals surface area contributed by atoms with Crippen LogP contribution in [-0.2, 0) is 6.54 Å². The number of rotatable bonds is 4. The highest BCUT2D eigenvalue weighted by molar-refractivity contribution is 5.30. The number of hydrogen-bond acceptors (Lipinski definition) is 2. The summed E-state index contributed by atoms with van der Waals surface area (Å²) in [6.45, 7) is 5.20. The van der Waals surface area contributed by atoms with E-state index in [0.717, 1.165) is 0 Å². The third-order valence-corrected chi connectivity index (χ3v) is 4.05. The molecule has 3 heteroatoms. The molecule has 0 heterocycles. The van der Waals surface area contributed by atoms with Crippen molar-refractivity contribution in [1.82, 2.24) is 5.32 Å². The van der Waals surface area contributed by atoms with E-state index in [-0.39, 0.29) is 5.82 Å². The van der Waals surface area contributed by atoms with Crippen LogP contribution in [0.5, 0.6) is 5.75 Å². The minimum Gasteiger partial charge on any atom is -0.494 e. The molecule has 0 saturated heterocycles. The Morgan fingerprint density at radius 1 is 1.42 bits per heavy atom. The maximum Gasteiger partial charge on any atom is 0.169 e. The number of benzene rings is 1. The summed E-state index contributed by atoms with van der Waals surface area (Å²) < 4.78 is 19.0. The largest absolute Gasteiger partial charge is 0.494 e. The van der Waals surface area contributed by atoms with Gasteiger partial charge in [-0.3, -0.25) is 0 Å². The van der Waals surface area contributed by atoms with Crippen LogP contribution in [0, 0.1) is 11.2 Å². The number of methoxy groups -OCH3 is 1. The second kappa shape index (κ2) is 5.91. The van der Waals surface area contributed by atoms with Crippen molar-refractivity contribution in [2.45, 2.75) is 52.1 Å². The zero-order valence-electron chi connectivity index (χ0n) is 12.1. The fourth-order valence-electron chi connectivity index (χ4n) is 2.98. The van der Waals surface area contributed by atoms with E-state index in [1.807, 2.05) is 12.1 Å². The van der Waals surface area contributed by atoms with Gasteiger partial charge in [0.15, 0.2) is 11.6 Å². The van der Waals surface area contributed by atoms with E-state index in [4.69, 9.17) is 4.74 Å². The lowest BCUT2D eigenvalue weighted by molar-refractivity contribution is 0.197. The van der Waals surface area contributed by atoms with E-state index in [0.29, 0.717) is 29.3 Å². The molecule has 106 valence electrons. The Hall–Kier alpha value is -1.09. The van der Waals surface area contributed by atoms with E-state index >= 15 is 0 Å². The average molecular weight is 265 g/mol. The van der Waals surface area contributed by atoms with Gasteiger partial charge in [0.05, 0.1) is 7.11 Å². The van der Waals surface area contributed by atoms with Crippen LogP contribution in [0.1, 0.15) is 45.1 Å². The third-order valence-electron chi connectivity index (χ3n) is 4.05. The Labute approximate surface area is 115 Å². The normalized spacial score (nSPS) is 22.2. The molecule has 0 bridgehead atoms. The molecule has 2 nitrogen and oxygen atoms in total. The van der Waals surface area contributed by atoms with Gasteiger partial charge in [0.2, 0.25) is 0 Å². The van der Waals surface area contributed by atoms with Gasteiger partial charge in [-0.2, -0.15) is 0 Å². The second-order valence-electron chi connectivity index (χ2n) is 6.27. The molecule has 0 radical (unpaired) electrons. The fourth-order valence-corrected chi connectivity index (χ4v) is 2.98. The quantitative estimate of drug-likeness (QED) is 0.891. The standard InChI is InChI=1S/C16H24FNO/c1-16(2)9-5-7-13(10-16)18-11-12-6-4-8-14(19-3)15(12)17/h4,6,8,13,18H,5,7,9-11H2,1-3H3. The molecule has 2 rings (SSSR count). The van der Waals surface area contributed by atoms with E-state index in [1.54, 1.807) is 6.07 Å². The molecule has 1 aromatic rings. The minimum absolute atomic E-state index is 0.243. The van der Waals surface area contributed by atoms with E-state index < -0.39 is 0 Å². The number of hydrogen-bond donors (Lipinski definition) is 1. The molecule has 1 N–H and O–H groups in total. The predicted molar refractivity (Wildman–Crippen MR) is 75.8 cm³/mol. The second-order valence-corrected chi connectivity index (χ2v) is 6.27. The van der Waals surface area contributed by atoms with Crippen LogP contribution in [0.3, 0.4) is 0 Å². The average Bonchev–Trinajstić information content (AvgIpc) is 2.36. The zero-order chi connectivity index (χ0) is 13.9. The first-order chi connectivity index (χ1) is 9.02. The Balaban J connectivity index is 1.95. The van der Waals surface area contributed by atoms with Crippen LogP contribution < -0.4 is 10.1 Å². The lowest BCUT2D eigenvalue weighted by Crippen LogP contribution is -2.37. The van der Waals surface area contributed by atoms with Gasteiger partial charge in [-0.1, -0.05) is 32.4 Å². The van der Waals surface area contributed by atoms with Gasteiger partial charge in [0.25, 0.3) is 0 Å². The van der Waals surface area contributed by atoms with Crippen molar-refractivity contribution in [3.8, 4) is 5.75 Å². The molecule has 19 heavy (non-hydrogen) atoms. The Morgan fingerprint density at radius 2 is 2.21 bits per heavy atom. The van der Waals surface area contributed by atoms with Gasteiger partial charge in [0, 0.05) is 18.2 Å². The Kier molecular flexibility index (Phi) is 4.46. The van der Waals surface area contributed by atoms with E-state index in [2.05, 4.69) is 19.2 Å². The first-order valence-electron chi connectivity index (χ1n) is 7.06. The van der Waals surface area contributed by atoms with Gasteiger partial charge in [-0.25, -0.2) is 4.39 Å². The topological polar surface area (TPSA) is 21.3 Å². The summed E-state index contributed by atoms with van der Waals surface area (Å²) in [5.41, 5.74) is 1.09. The highest BCUT2D eigenvalue weighted by Gasteiger charge is 2.27. The summed E-state index contributed by atoms with van der Waals surface area (Å²) in [4.78, 5) is 0. The predicted octanol–water partition coefficient (Wildman–Crippen LogP) is 3.89. The molecular weight excluding hydrogens is 241 g/mol. The highest BCUT2D eigenvalue weighted by Crippen LogP contribution is 2.35. The number of nitrogens with one attached hydrogen (secondary N) is 1. The summed E-state index contributed by atoms with van der Waals surface area (Å²) in [5.74, 6) is 0.0795. The fraction of sp³-hybridized carbons (Fsp3) is 0.625. The molecule has 1 atom stereocenters. The van der Waals surface area contributed by atoms with Crippen LogP contribution in [-0.4, -0.2) is 13.2 Å². The van der Waals surface area contributed by atoms with E-state index in [9.17, 15) is 4.39 Å². The molecule has 1 unspecified atom stereocenters. The first-order valence-corrected chi connectivity index (χ1v) is 7.06.